The van der Waals surface area contributed by atoms with Crippen molar-refractivity contribution in [3.8, 4) is 0 Å². The fourth-order valence-corrected chi connectivity index (χ4v) is 4.72. The Labute approximate surface area is 183 Å². The monoisotopic (exact) mass is 435 g/mol. The van der Waals surface area contributed by atoms with Crippen LogP contribution >= 0.6 is 35.2 Å². The predicted octanol–water partition coefficient (Wildman–Crippen LogP) is 6.18. The lowest BCUT2D eigenvalue weighted by molar-refractivity contribution is 0.266. The SMILES string of the molecule is Cc1cc(NC(=S)N(CCCN2CCCCCC2)Cc2cccs2)ccc1Cl. The van der Waals surface area contributed by atoms with E-state index in [1.165, 1.54) is 43.6 Å². The molecule has 0 unspecified atom stereocenters. The zero-order chi connectivity index (χ0) is 19.8. The van der Waals surface area contributed by atoms with Crippen LogP contribution in [0.5, 0.6) is 0 Å². The summed E-state index contributed by atoms with van der Waals surface area (Å²) in [5.41, 5.74) is 2.05. The summed E-state index contributed by atoms with van der Waals surface area (Å²) in [7, 11) is 0. The topological polar surface area (TPSA) is 18.5 Å². The molecule has 0 radical (unpaired) electrons. The maximum Gasteiger partial charge on any atom is 0.173 e. The summed E-state index contributed by atoms with van der Waals surface area (Å²) in [5, 5.41) is 7.10. The summed E-state index contributed by atoms with van der Waals surface area (Å²) < 4.78 is 0. The molecule has 0 atom stereocenters. The van der Waals surface area contributed by atoms with E-state index < -0.39 is 0 Å². The lowest BCUT2D eigenvalue weighted by Gasteiger charge is -2.27. The number of hydrogen-bond donors (Lipinski definition) is 1. The molecule has 1 aromatic carbocycles. The molecule has 0 spiro atoms. The molecular formula is C22H30ClN3S2. The van der Waals surface area contributed by atoms with E-state index in [0.29, 0.717) is 0 Å². The van der Waals surface area contributed by atoms with Crippen molar-refractivity contribution in [2.75, 3.05) is 31.5 Å². The van der Waals surface area contributed by atoms with Crippen LogP contribution in [-0.2, 0) is 6.54 Å². The first kappa shape index (κ1) is 21.6. The normalized spacial score (nSPS) is 15.2. The van der Waals surface area contributed by atoms with Gasteiger partial charge in [-0.1, -0.05) is 30.5 Å². The minimum atomic E-state index is 0.782. The van der Waals surface area contributed by atoms with E-state index in [2.05, 4.69) is 38.7 Å². The average Bonchev–Trinajstić information content (AvgIpc) is 3.05. The van der Waals surface area contributed by atoms with Gasteiger partial charge in [0.2, 0.25) is 0 Å². The molecule has 0 bridgehead atoms. The van der Waals surface area contributed by atoms with Crippen molar-refractivity contribution in [3.63, 3.8) is 0 Å². The molecule has 0 aliphatic carbocycles. The van der Waals surface area contributed by atoms with Crippen LogP contribution in [0.3, 0.4) is 0 Å². The van der Waals surface area contributed by atoms with Gasteiger partial charge in [0, 0.05) is 22.1 Å². The summed E-state index contributed by atoms with van der Waals surface area (Å²) in [6.45, 7) is 7.49. The third kappa shape index (κ3) is 6.73. The molecule has 2 aromatic rings. The van der Waals surface area contributed by atoms with Crippen molar-refractivity contribution in [3.05, 3.63) is 51.2 Å². The molecule has 28 heavy (non-hydrogen) atoms. The van der Waals surface area contributed by atoms with E-state index in [-0.39, 0.29) is 0 Å². The highest BCUT2D eigenvalue weighted by molar-refractivity contribution is 7.80. The van der Waals surface area contributed by atoms with Crippen molar-refractivity contribution in [1.82, 2.24) is 9.80 Å². The number of anilines is 1. The summed E-state index contributed by atoms with van der Waals surface area (Å²) in [6, 6.07) is 10.2. The van der Waals surface area contributed by atoms with Gasteiger partial charge in [-0.25, -0.2) is 0 Å². The van der Waals surface area contributed by atoms with Crippen LogP contribution in [0.15, 0.2) is 35.7 Å². The second-order valence-corrected chi connectivity index (χ2v) is 9.33. The van der Waals surface area contributed by atoms with Gasteiger partial charge in [0.1, 0.15) is 0 Å². The average molecular weight is 436 g/mol. The van der Waals surface area contributed by atoms with Gasteiger partial charge in [-0.2, -0.15) is 0 Å². The molecule has 0 saturated carbocycles. The smallest absolute Gasteiger partial charge is 0.173 e. The minimum Gasteiger partial charge on any atom is -0.344 e. The Morgan fingerprint density at radius 2 is 2.00 bits per heavy atom. The van der Waals surface area contributed by atoms with Crippen molar-refractivity contribution in [1.29, 1.82) is 0 Å². The first-order chi connectivity index (χ1) is 13.6. The molecule has 1 saturated heterocycles. The largest absolute Gasteiger partial charge is 0.344 e. The Kier molecular flexibility index (Phi) is 8.59. The highest BCUT2D eigenvalue weighted by Gasteiger charge is 2.14. The van der Waals surface area contributed by atoms with E-state index in [1.807, 2.05) is 19.1 Å². The van der Waals surface area contributed by atoms with E-state index in [1.54, 1.807) is 11.3 Å². The van der Waals surface area contributed by atoms with Crippen LogP contribution in [0.25, 0.3) is 0 Å². The number of thiocarbonyl (C=S) groups is 1. The number of likely N-dealkylation sites (tertiary alicyclic amines) is 1. The van der Waals surface area contributed by atoms with Gasteiger partial charge in [-0.05, 0) is 93.2 Å². The number of benzene rings is 1. The predicted molar refractivity (Wildman–Crippen MR) is 127 cm³/mol. The van der Waals surface area contributed by atoms with E-state index >= 15 is 0 Å². The number of hydrogen-bond acceptors (Lipinski definition) is 3. The molecule has 2 heterocycles. The summed E-state index contributed by atoms with van der Waals surface area (Å²) in [5.74, 6) is 0. The van der Waals surface area contributed by atoms with Crippen LogP contribution in [-0.4, -0.2) is 41.1 Å². The lowest BCUT2D eigenvalue weighted by Crippen LogP contribution is -2.36. The number of thiophene rings is 1. The molecule has 152 valence electrons. The van der Waals surface area contributed by atoms with Crippen LogP contribution in [0, 0.1) is 6.92 Å². The number of nitrogens with one attached hydrogen (secondary N) is 1. The Morgan fingerprint density at radius 3 is 2.68 bits per heavy atom. The number of rotatable bonds is 7. The van der Waals surface area contributed by atoms with E-state index in [4.69, 9.17) is 23.8 Å². The quantitative estimate of drug-likeness (QED) is 0.523. The Balaban J connectivity index is 1.58. The molecular weight excluding hydrogens is 406 g/mol. The molecule has 6 heteroatoms. The van der Waals surface area contributed by atoms with Gasteiger partial charge in [-0.15, -0.1) is 11.3 Å². The van der Waals surface area contributed by atoms with Crippen molar-refractivity contribution < 1.29 is 0 Å². The fourth-order valence-electron chi connectivity index (χ4n) is 3.61. The summed E-state index contributed by atoms with van der Waals surface area (Å²) >= 11 is 13.7. The molecule has 1 N–H and O–H groups in total. The standard InChI is InChI=1S/C22H30ClN3S2/c1-18-16-19(9-10-21(18)23)24-22(27)26(17-20-8-6-15-28-20)14-7-13-25-11-4-2-3-5-12-25/h6,8-10,15-16H,2-5,7,11-14,17H2,1H3,(H,24,27). The van der Waals surface area contributed by atoms with Crippen LogP contribution < -0.4 is 5.32 Å². The van der Waals surface area contributed by atoms with Crippen molar-refractivity contribution in [2.45, 2.75) is 45.6 Å². The van der Waals surface area contributed by atoms with Gasteiger partial charge in [0.15, 0.2) is 5.11 Å². The fraction of sp³-hybridized carbons (Fsp3) is 0.500. The highest BCUT2D eigenvalue weighted by atomic mass is 35.5. The van der Waals surface area contributed by atoms with E-state index in [0.717, 1.165) is 47.4 Å². The van der Waals surface area contributed by atoms with Crippen molar-refractivity contribution >= 4 is 46.0 Å². The highest BCUT2D eigenvalue weighted by Crippen LogP contribution is 2.20. The first-order valence-electron chi connectivity index (χ1n) is 10.2. The maximum absolute atomic E-state index is 6.15. The molecule has 1 aliphatic rings. The van der Waals surface area contributed by atoms with Crippen LogP contribution in [0.2, 0.25) is 5.02 Å². The molecule has 1 aromatic heterocycles. The van der Waals surface area contributed by atoms with Crippen LogP contribution in [0.1, 0.15) is 42.5 Å². The number of aryl methyl sites for hydroxylation is 1. The van der Waals surface area contributed by atoms with Gasteiger partial charge < -0.3 is 15.1 Å². The van der Waals surface area contributed by atoms with Gasteiger partial charge in [-0.3, -0.25) is 0 Å². The minimum absolute atomic E-state index is 0.782. The second-order valence-electron chi connectivity index (χ2n) is 7.50. The third-order valence-electron chi connectivity index (χ3n) is 5.22. The third-order valence-corrected chi connectivity index (χ3v) is 6.87. The lowest BCUT2D eigenvalue weighted by atomic mass is 10.2. The summed E-state index contributed by atoms with van der Waals surface area (Å²) in [4.78, 5) is 6.25. The molecule has 0 amide bonds. The number of halogens is 1. The maximum atomic E-state index is 6.15. The first-order valence-corrected chi connectivity index (χ1v) is 11.9. The van der Waals surface area contributed by atoms with Gasteiger partial charge in [0.05, 0.1) is 6.54 Å². The second kappa shape index (κ2) is 11.1. The Morgan fingerprint density at radius 1 is 1.21 bits per heavy atom. The molecule has 1 fully saturated rings. The zero-order valence-corrected chi connectivity index (χ0v) is 19.0. The van der Waals surface area contributed by atoms with Crippen molar-refractivity contribution in [2.24, 2.45) is 0 Å². The zero-order valence-electron chi connectivity index (χ0n) is 16.6. The van der Waals surface area contributed by atoms with Gasteiger partial charge >= 0.3 is 0 Å². The summed E-state index contributed by atoms with van der Waals surface area (Å²) in [6.07, 6.45) is 6.58. The molecule has 3 rings (SSSR count). The van der Waals surface area contributed by atoms with E-state index in [9.17, 15) is 0 Å². The Bertz CT molecular complexity index is 740. The molecule has 1 aliphatic heterocycles. The Hall–Kier alpha value is -1.14. The van der Waals surface area contributed by atoms with Gasteiger partial charge in [0.25, 0.3) is 0 Å². The number of nitrogens with zero attached hydrogens (tertiary/aromatic N) is 2. The van der Waals surface area contributed by atoms with Crippen LogP contribution in [0.4, 0.5) is 5.69 Å². The molecule has 3 nitrogen and oxygen atoms in total.